The number of halogens is 2. The smallest absolute Gasteiger partial charge is 0.244 e. The Hall–Kier alpha value is -2.29. The van der Waals surface area contributed by atoms with Crippen LogP contribution in [0.3, 0.4) is 0 Å². The van der Waals surface area contributed by atoms with Crippen molar-refractivity contribution in [1.82, 2.24) is 10.2 Å². The first-order valence-electron chi connectivity index (χ1n) is 11.5. The predicted molar refractivity (Wildman–Crippen MR) is 142 cm³/mol. The average molecular weight is 543 g/mol. The van der Waals surface area contributed by atoms with Crippen molar-refractivity contribution in [2.24, 2.45) is 0 Å². The number of nitrogens with zero attached hydrogens (tertiary/aromatic N) is 2. The van der Waals surface area contributed by atoms with Gasteiger partial charge in [0.05, 0.1) is 11.9 Å². The summed E-state index contributed by atoms with van der Waals surface area (Å²) in [6.07, 6.45) is 3.12. The number of carbonyl (C=O) groups is 2. The normalized spacial score (nSPS) is 12.2. The molecule has 35 heavy (non-hydrogen) atoms. The van der Waals surface area contributed by atoms with Crippen LogP contribution < -0.4 is 9.62 Å². The van der Waals surface area contributed by atoms with E-state index in [4.69, 9.17) is 23.2 Å². The highest BCUT2D eigenvalue weighted by Gasteiger charge is 2.32. The van der Waals surface area contributed by atoms with Gasteiger partial charge < -0.3 is 10.2 Å². The zero-order valence-corrected chi connectivity index (χ0v) is 22.9. The van der Waals surface area contributed by atoms with E-state index in [9.17, 15) is 18.0 Å². The molecule has 0 spiro atoms. The third-order valence-corrected chi connectivity index (χ3v) is 7.36. The Bertz CT molecular complexity index is 1140. The summed E-state index contributed by atoms with van der Waals surface area (Å²) in [7, 11) is -3.84. The van der Waals surface area contributed by atoms with Gasteiger partial charge in [-0.25, -0.2) is 8.42 Å². The van der Waals surface area contributed by atoms with Gasteiger partial charge in [0.15, 0.2) is 0 Å². The van der Waals surface area contributed by atoms with E-state index in [0.29, 0.717) is 39.8 Å². The summed E-state index contributed by atoms with van der Waals surface area (Å²) in [5, 5.41) is 3.69. The fraction of sp³-hybridized carbons (Fsp3) is 0.440. The van der Waals surface area contributed by atoms with E-state index in [1.54, 1.807) is 43.3 Å². The number of rotatable bonds is 12. The Morgan fingerprint density at radius 2 is 1.77 bits per heavy atom. The molecule has 0 aliphatic rings. The van der Waals surface area contributed by atoms with Crippen molar-refractivity contribution in [1.29, 1.82) is 0 Å². The third kappa shape index (κ3) is 8.12. The maximum atomic E-state index is 13.7. The zero-order valence-electron chi connectivity index (χ0n) is 20.6. The Kier molecular flexibility index (Phi) is 10.9. The first kappa shape index (κ1) is 28.9. The Labute approximate surface area is 218 Å². The minimum absolute atomic E-state index is 0.0599. The molecular formula is C25H33Cl2N3O4S. The molecule has 0 fully saturated rings. The fourth-order valence-corrected chi connectivity index (χ4v) is 4.94. The molecule has 2 rings (SSSR count). The Morgan fingerprint density at radius 1 is 1.09 bits per heavy atom. The molecule has 0 aliphatic carbocycles. The van der Waals surface area contributed by atoms with Crippen LogP contribution in [0.1, 0.15) is 44.2 Å². The van der Waals surface area contributed by atoms with Gasteiger partial charge in [-0.3, -0.25) is 13.9 Å². The number of anilines is 1. The number of sulfonamides is 1. The summed E-state index contributed by atoms with van der Waals surface area (Å²) in [4.78, 5) is 28.1. The van der Waals surface area contributed by atoms with Crippen molar-refractivity contribution >= 4 is 50.7 Å². The summed E-state index contributed by atoms with van der Waals surface area (Å²) in [6, 6.07) is 11.1. The van der Waals surface area contributed by atoms with Gasteiger partial charge in [0.2, 0.25) is 21.8 Å². The summed E-state index contributed by atoms with van der Waals surface area (Å²) in [5.41, 5.74) is 1.62. The highest BCUT2D eigenvalue weighted by molar-refractivity contribution is 7.92. The van der Waals surface area contributed by atoms with E-state index in [0.717, 1.165) is 23.4 Å². The Morgan fingerprint density at radius 3 is 2.37 bits per heavy atom. The summed E-state index contributed by atoms with van der Waals surface area (Å²) in [5.74, 6) is -0.807. The number of carbonyl (C=O) groups excluding carboxylic acids is 2. The molecule has 1 atom stereocenters. The zero-order chi connectivity index (χ0) is 26.2. The molecule has 0 saturated heterocycles. The molecule has 2 aromatic rings. The highest BCUT2D eigenvalue weighted by atomic mass is 35.5. The lowest BCUT2D eigenvalue weighted by Gasteiger charge is -2.33. The molecule has 0 radical (unpaired) electrons. The molecule has 0 aromatic heterocycles. The van der Waals surface area contributed by atoms with Crippen LogP contribution in [-0.2, 0) is 26.2 Å². The fourth-order valence-electron chi connectivity index (χ4n) is 3.68. The molecule has 2 amide bonds. The van der Waals surface area contributed by atoms with Crippen LogP contribution >= 0.6 is 23.2 Å². The van der Waals surface area contributed by atoms with Crippen molar-refractivity contribution in [2.45, 2.75) is 52.6 Å². The maximum Gasteiger partial charge on any atom is 0.244 e. The van der Waals surface area contributed by atoms with Crippen molar-refractivity contribution in [3.63, 3.8) is 0 Å². The number of benzene rings is 2. The van der Waals surface area contributed by atoms with Crippen LogP contribution in [0.5, 0.6) is 0 Å². The summed E-state index contributed by atoms with van der Waals surface area (Å²) >= 11 is 12.5. The molecule has 7 nitrogen and oxygen atoms in total. The van der Waals surface area contributed by atoms with E-state index in [2.05, 4.69) is 5.32 Å². The second-order valence-corrected chi connectivity index (χ2v) is 11.1. The second-order valence-electron chi connectivity index (χ2n) is 8.38. The molecule has 0 heterocycles. The van der Waals surface area contributed by atoms with Crippen molar-refractivity contribution in [3.05, 3.63) is 63.6 Å². The monoisotopic (exact) mass is 541 g/mol. The van der Waals surface area contributed by atoms with Gasteiger partial charge in [0.25, 0.3) is 0 Å². The summed E-state index contributed by atoms with van der Waals surface area (Å²) in [6.45, 7) is 5.65. The average Bonchev–Trinajstić information content (AvgIpc) is 2.79. The van der Waals surface area contributed by atoms with E-state index in [1.165, 1.54) is 11.0 Å². The predicted octanol–water partition coefficient (Wildman–Crippen LogP) is 4.79. The topological polar surface area (TPSA) is 86.8 Å². The highest BCUT2D eigenvalue weighted by Crippen LogP contribution is 2.27. The van der Waals surface area contributed by atoms with E-state index in [-0.39, 0.29) is 12.5 Å². The van der Waals surface area contributed by atoms with Gasteiger partial charge in [0, 0.05) is 23.1 Å². The van der Waals surface area contributed by atoms with Crippen molar-refractivity contribution < 1.29 is 18.0 Å². The number of unbranched alkanes of at least 4 members (excludes halogenated alkanes) is 1. The van der Waals surface area contributed by atoms with Crippen molar-refractivity contribution in [3.8, 4) is 0 Å². The van der Waals surface area contributed by atoms with Crippen LogP contribution in [0, 0.1) is 6.92 Å². The lowest BCUT2D eigenvalue weighted by Crippen LogP contribution is -2.52. The first-order valence-corrected chi connectivity index (χ1v) is 14.1. The lowest BCUT2D eigenvalue weighted by atomic mass is 10.1. The molecule has 0 bridgehead atoms. The van der Waals surface area contributed by atoms with Gasteiger partial charge in [0.1, 0.15) is 12.6 Å². The lowest BCUT2D eigenvalue weighted by molar-refractivity contribution is -0.140. The number of amides is 2. The molecule has 0 saturated carbocycles. The van der Waals surface area contributed by atoms with Crippen LogP contribution in [0.2, 0.25) is 10.0 Å². The van der Waals surface area contributed by atoms with Gasteiger partial charge in [-0.05, 0) is 49.1 Å². The molecule has 1 N–H and O–H groups in total. The molecule has 0 unspecified atom stereocenters. The second kappa shape index (κ2) is 13.1. The van der Waals surface area contributed by atoms with Crippen LogP contribution in [-0.4, -0.2) is 50.5 Å². The van der Waals surface area contributed by atoms with Gasteiger partial charge >= 0.3 is 0 Å². The summed E-state index contributed by atoms with van der Waals surface area (Å²) < 4.78 is 26.5. The van der Waals surface area contributed by atoms with E-state index < -0.39 is 28.5 Å². The first-order chi connectivity index (χ1) is 16.5. The molecule has 2 aromatic carbocycles. The van der Waals surface area contributed by atoms with Gasteiger partial charge in [-0.2, -0.15) is 0 Å². The number of aryl methyl sites for hydroxylation is 1. The number of hydrogen-bond acceptors (Lipinski definition) is 4. The largest absolute Gasteiger partial charge is 0.354 e. The minimum Gasteiger partial charge on any atom is -0.354 e. The minimum atomic E-state index is -3.84. The van der Waals surface area contributed by atoms with Crippen molar-refractivity contribution in [2.75, 3.05) is 23.7 Å². The number of nitrogens with one attached hydrogen (secondary N) is 1. The molecule has 192 valence electrons. The van der Waals surface area contributed by atoms with E-state index >= 15 is 0 Å². The molecule has 10 heteroatoms. The Balaban J connectivity index is 2.46. The van der Waals surface area contributed by atoms with Crippen LogP contribution in [0.4, 0.5) is 5.69 Å². The van der Waals surface area contributed by atoms with Crippen LogP contribution in [0.15, 0.2) is 42.5 Å². The van der Waals surface area contributed by atoms with E-state index in [1.807, 2.05) is 13.8 Å². The third-order valence-electron chi connectivity index (χ3n) is 5.63. The standard InChI is InChI=1S/C25H33Cl2N3O4S/c1-5-7-14-28-25(32)22(6-2)29(16-19-10-8-9-11-21(19)27)24(31)17-30(35(4,33)34)23-15-20(26)13-12-18(23)3/h8-13,15,22H,5-7,14,16-17H2,1-4H3,(H,28,32)/t22-/m0/s1. The quantitative estimate of drug-likeness (QED) is 0.391. The molecular weight excluding hydrogens is 509 g/mol. The molecule has 0 aliphatic heterocycles. The number of hydrogen-bond donors (Lipinski definition) is 1. The van der Waals surface area contributed by atoms with Gasteiger partial charge in [-0.1, -0.05) is 67.7 Å². The van der Waals surface area contributed by atoms with Gasteiger partial charge in [-0.15, -0.1) is 0 Å². The van der Waals surface area contributed by atoms with Crippen LogP contribution in [0.25, 0.3) is 0 Å². The SMILES string of the molecule is CCCCNC(=O)[C@H](CC)N(Cc1ccccc1Cl)C(=O)CN(c1cc(Cl)ccc1C)S(C)(=O)=O. The maximum absolute atomic E-state index is 13.7.